The molecule has 0 N–H and O–H groups in total. The van der Waals surface area contributed by atoms with Gasteiger partial charge in [0, 0.05) is 9.52 Å². The molecule has 56 valence electrons. The smallest absolute Gasteiger partial charge is 0.0261 e. The molecule has 0 spiro atoms. The first kappa shape index (κ1) is 9.22. The lowest BCUT2D eigenvalue weighted by Crippen LogP contribution is -2.10. The minimum absolute atomic E-state index is 0.239. The van der Waals surface area contributed by atoms with Gasteiger partial charge in [-0.1, -0.05) is 46.6 Å². The zero-order chi connectivity index (χ0) is 7.33. The molecule has 0 aliphatic rings. The monoisotopic (exact) mass is 144 g/mol. The first-order valence-corrected chi connectivity index (χ1v) is 5.83. The number of hydrogen-bond acceptors (Lipinski definition) is 0. The van der Waals surface area contributed by atoms with Crippen molar-refractivity contribution in [2.75, 3.05) is 0 Å². The molecular weight excluding hydrogens is 124 g/mol. The largest absolute Gasteiger partial charge is 0.0683 e. The van der Waals surface area contributed by atoms with Gasteiger partial charge >= 0.3 is 0 Å². The van der Waals surface area contributed by atoms with Crippen molar-refractivity contribution >= 4 is 9.52 Å². The summed E-state index contributed by atoms with van der Waals surface area (Å²) in [5, 5.41) is 0.740. The molecule has 0 bridgehead atoms. The van der Waals surface area contributed by atoms with Crippen molar-refractivity contribution in [2.24, 2.45) is 0 Å². The Bertz CT molecular complexity index is 59.0. The summed E-state index contributed by atoms with van der Waals surface area (Å²) in [7, 11) is 0.239. The van der Waals surface area contributed by atoms with Crippen LogP contribution < -0.4 is 0 Å². The quantitative estimate of drug-likeness (QED) is 0.532. The van der Waals surface area contributed by atoms with E-state index in [1.165, 1.54) is 18.9 Å². The van der Waals surface area contributed by atoms with Crippen LogP contribution in [0.25, 0.3) is 0 Å². The van der Waals surface area contributed by atoms with E-state index in [0.717, 1.165) is 5.04 Å². The SMILES string of the molecule is CCCC(C)(C)[SiH2]CC. The maximum Gasteiger partial charge on any atom is 0.0261 e. The second-order valence-corrected chi connectivity index (χ2v) is 7.08. The van der Waals surface area contributed by atoms with Crippen molar-refractivity contribution in [1.82, 2.24) is 0 Å². The average molecular weight is 144 g/mol. The third kappa shape index (κ3) is 4.70. The van der Waals surface area contributed by atoms with Crippen molar-refractivity contribution in [1.29, 1.82) is 0 Å². The summed E-state index contributed by atoms with van der Waals surface area (Å²) >= 11 is 0. The summed E-state index contributed by atoms with van der Waals surface area (Å²) in [4.78, 5) is 0. The maximum atomic E-state index is 2.42. The van der Waals surface area contributed by atoms with Gasteiger partial charge in [0.05, 0.1) is 0 Å². The molecular formula is C8H20Si. The molecule has 0 nitrogen and oxygen atoms in total. The van der Waals surface area contributed by atoms with Crippen LogP contribution >= 0.6 is 0 Å². The first-order chi connectivity index (χ1) is 4.12. The van der Waals surface area contributed by atoms with Gasteiger partial charge in [-0.25, -0.2) is 0 Å². The highest BCUT2D eigenvalue weighted by Gasteiger charge is 2.14. The average Bonchev–Trinajstić information content (AvgIpc) is 1.64. The number of rotatable bonds is 4. The molecule has 9 heavy (non-hydrogen) atoms. The van der Waals surface area contributed by atoms with E-state index >= 15 is 0 Å². The van der Waals surface area contributed by atoms with Crippen molar-refractivity contribution in [2.45, 2.75) is 51.6 Å². The summed E-state index contributed by atoms with van der Waals surface area (Å²) in [6.07, 6.45) is 2.80. The molecule has 1 heteroatoms. The third-order valence-corrected chi connectivity index (χ3v) is 4.06. The fourth-order valence-corrected chi connectivity index (χ4v) is 3.44. The molecule has 0 atom stereocenters. The van der Waals surface area contributed by atoms with E-state index in [9.17, 15) is 0 Å². The highest BCUT2D eigenvalue weighted by Crippen LogP contribution is 2.29. The van der Waals surface area contributed by atoms with Crippen LogP contribution in [0.2, 0.25) is 11.1 Å². The molecule has 0 radical (unpaired) electrons. The van der Waals surface area contributed by atoms with Gasteiger partial charge in [-0.3, -0.25) is 0 Å². The van der Waals surface area contributed by atoms with E-state index in [1.807, 2.05) is 0 Å². The van der Waals surface area contributed by atoms with Crippen LogP contribution in [0.3, 0.4) is 0 Å². The zero-order valence-corrected chi connectivity index (χ0v) is 8.74. The molecule has 0 saturated carbocycles. The Labute approximate surface area is 61.9 Å². The summed E-state index contributed by atoms with van der Waals surface area (Å²) in [5.74, 6) is 0. The standard InChI is InChI=1S/C8H20Si/c1-5-7-8(3,4)9-6-2/h5-7,9H2,1-4H3. The fraction of sp³-hybridized carbons (Fsp3) is 1.00. The molecule has 0 unspecified atom stereocenters. The Balaban J connectivity index is 3.43. The van der Waals surface area contributed by atoms with E-state index in [-0.39, 0.29) is 9.52 Å². The third-order valence-electron chi connectivity index (χ3n) is 1.85. The van der Waals surface area contributed by atoms with E-state index in [4.69, 9.17) is 0 Å². The van der Waals surface area contributed by atoms with Crippen LogP contribution in [0.15, 0.2) is 0 Å². The highest BCUT2D eigenvalue weighted by molar-refractivity contribution is 6.39. The molecule has 0 saturated heterocycles. The molecule has 0 aliphatic heterocycles. The molecule has 0 fully saturated rings. The van der Waals surface area contributed by atoms with Crippen LogP contribution in [-0.2, 0) is 0 Å². The van der Waals surface area contributed by atoms with Crippen LogP contribution in [0.4, 0.5) is 0 Å². The van der Waals surface area contributed by atoms with E-state index < -0.39 is 0 Å². The summed E-state index contributed by atoms with van der Waals surface area (Å²) in [5.41, 5.74) is 0. The van der Waals surface area contributed by atoms with Gasteiger partial charge in [-0.15, -0.1) is 0 Å². The minimum Gasteiger partial charge on any atom is -0.0683 e. The molecule has 0 aromatic carbocycles. The summed E-state index contributed by atoms with van der Waals surface area (Å²) in [6.45, 7) is 9.45. The second-order valence-electron chi connectivity index (χ2n) is 3.66. The summed E-state index contributed by atoms with van der Waals surface area (Å²) in [6, 6.07) is 1.47. The Morgan fingerprint density at radius 2 is 1.78 bits per heavy atom. The molecule has 0 aromatic heterocycles. The second kappa shape index (κ2) is 4.10. The van der Waals surface area contributed by atoms with Crippen molar-refractivity contribution in [3.05, 3.63) is 0 Å². The molecule has 0 heterocycles. The molecule has 0 amide bonds. The van der Waals surface area contributed by atoms with Gasteiger partial charge in [-0.05, 0) is 5.04 Å². The predicted molar refractivity (Wildman–Crippen MR) is 48.0 cm³/mol. The molecule has 0 aliphatic carbocycles. The Morgan fingerprint density at radius 1 is 1.22 bits per heavy atom. The van der Waals surface area contributed by atoms with Gasteiger partial charge in [-0.2, -0.15) is 0 Å². The van der Waals surface area contributed by atoms with Crippen molar-refractivity contribution < 1.29 is 0 Å². The van der Waals surface area contributed by atoms with Crippen LogP contribution in [-0.4, -0.2) is 9.52 Å². The van der Waals surface area contributed by atoms with Crippen LogP contribution in [0.5, 0.6) is 0 Å². The van der Waals surface area contributed by atoms with Crippen LogP contribution in [0, 0.1) is 0 Å². The zero-order valence-electron chi connectivity index (χ0n) is 7.33. The summed E-state index contributed by atoms with van der Waals surface area (Å²) < 4.78 is 0. The fourth-order valence-electron chi connectivity index (χ4n) is 1.48. The van der Waals surface area contributed by atoms with E-state index in [1.54, 1.807) is 0 Å². The predicted octanol–water partition coefficient (Wildman–Crippen LogP) is 2.59. The lowest BCUT2D eigenvalue weighted by molar-refractivity contribution is 0.591. The van der Waals surface area contributed by atoms with E-state index in [0.29, 0.717) is 0 Å². The van der Waals surface area contributed by atoms with Gasteiger partial charge in [0.15, 0.2) is 0 Å². The normalized spacial score (nSPS) is 13.3. The Morgan fingerprint density at radius 3 is 2.11 bits per heavy atom. The maximum absolute atomic E-state index is 2.42. The molecule has 0 aromatic rings. The molecule has 0 rings (SSSR count). The van der Waals surface area contributed by atoms with Gasteiger partial charge < -0.3 is 0 Å². The van der Waals surface area contributed by atoms with Crippen molar-refractivity contribution in [3.63, 3.8) is 0 Å². The number of hydrogen-bond donors (Lipinski definition) is 0. The van der Waals surface area contributed by atoms with Gasteiger partial charge in [0.25, 0.3) is 0 Å². The van der Waals surface area contributed by atoms with Crippen LogP contribution in [0.1, 0.15) is 40.5 Å². The Hall–Kier alpha value is 0.217. The first-order valence-electron chi connectivity index (χ1n) is 4.12. The van der Waals surface area contributed by atoms with Gasteiger partial charge in [0.1, 0.15) is 0 Å². The topological polar surface area (TPSA) is 0 Å². The lowest BCUT2D eigenvalue weighted by atomic mass is 10.1. The lowest BCUT2D eigenvalue weighted by Gasteiger charge is -2.21. The van der Waals surface area contributed by atoms with E-state index in [2.05, 4.69) is 27.7 Å². The Kier molecular flexibility index (Phi) is 4.20. The van der Waals surface area contributed by atoms with Gasteiger partial charge in [0.2, 0.25) is 0 Å². The van der Waals surface area contributed by atoms with Crippen molar-refractivity contribution in [3.8, 4) is 0 Å². The minimum atomic E-state index is 0.239. The highest BCUT2D eigenvalue weighted by atomic mass is 28.2.